The predicted octanol–water partition coefficient (Wildman–Crippen LogP) is 4.03. The standard InChI is InChI=1S/C23H23FN2O4/c1-14-11-16(24)8-9-19(14)26-23-18(22(27)25-13-17-6-4-10-29-17)12-15-5-3-7-20(28-2)21(15)30-23/h3,5,7-9,11-12,17H,4,6,10,13H2,1-2H3,(H,25,27)/t17-/m1/s1. The number of benzene rings is 2. The first-order valence-corrected chi connectivity index (χ1v) is 9.86. The van der Waals surface area contributed by atoms with Crippen molar-refractivity contribution < 1.29 is 23.1 Å². The van der Waals surface area contributed by atoms with E-state index in [0.29, 0.717) is 34.5 Å². The van der Waals surface area contributed by atoms with Crippen molar-refractivity contribution >= 4 is 22.6 Å². The fourth-order valence-corrected chi connectivity index (χ4v) is 3.49. The normalized spacial score (nSPS) is 16.8. The number of carbonyl (C=O) groups excluding carboxylic acids is 1. The maximum atomic E-state index is 13.5. The molecule has 30 heavy (non-hydrogen) atoms. The summed E-state index contributed by atoms with van der Waals surface area (Å²) in [7, 11) is 1.55. The van der Waals surface area contributed by atoms with Crippen LogP contribution in [0.5, 0.6) is 5.75 Å². The molecule has 6 nitrogen and oxygen atoms in total. The molecule has 7 heteroatoms. The second-order valence-electron chi connectivity index (χ2n) is 7.23. The maximum absolute atomic E-state index is 13.5. The largest absolute Gasteiger partial charge is 0.493 e. The van der Waals surface area contributed by atoms with Gasteiger partial charge in [0.15, 0.2) is 11.3 Å². The van der Waals surface area contributed by atoms with E-state index >= 15 is 0 Å². The van der Waals surface area contributed by atoms with Gasteiger partial charge in [-0.15, -0.1) is 0 Å². The number of fused-ring (bicyclic) bond motifs is 1. The van der Waals surface area contributed by atoms with Crippen LogP contribution < -0.4 is 15.6 Å². The van der Waals surface area contributed by atoms with E-state index in [4.69, 9.17) is 13.9 Å². The fourth-order valence-electron chi connectivity index (χ4n) is 3.49. The van der Waals surface area contributed by atoms with Gasteiger partial charge in [-0.3, -0.25) is 4.79 Å². The van der Waals surface area contributed by atoms with Gasteiger partial charge >= 0.3 is 0 Å². The van der Waals surface area contributed by atoms with Gasteiger partial charge in [-0.1, -0.05) is 12.1 Å². The van der Waals surface area contributed by atoms with E-state index in [0.717, 1.165) is 19.4 Å². The highest BCUT2D eigenvalue weighted by Gasteiger charge is 2.19. The topological polar surface area (TPSA) is 73.1 Å². The quantitative estimate of drug-likeness (QED) is 0.689. The van der Waals surface area contributed by atoms with E-state index in [1.165, 1.54) is 12.1 Å². The molecule has 2 heterocycles. The summed E-state index contributed by atoms with van der Waals surface area (Å²) >= 11 is 0. The molecule has 0 bridgehead atoms. The molecule has 3 aromatic rings. The van der Waals surface area contributed by atoms with Gasteiger partial charge in [-0.25, -0.2) is 9.38 Å². The zero-order chi connectivity index (χ0) is 21.1. The van der Waals surface area contributed by atoms with Crippen LogP contribution in [0.25, 0.3) is 11.0 Å². The second kappa shape index (κ2) is 8.67. The Morgan fingerprint density at radius 3 is 2.90 bits per heavy atom. The number of hydrogen-bond donors (Lipinski definition) is 1. The van der Waals surface area contributed by atoms with Crippen molar-refractivity contribution in [2.24, 2.45) is 4.99 Å². The van der Waals surface area contributed by atoms with Crippen LogP contribution in [-0.2, 0) is 4.74 Å². The van der Waals surface area contributed by atoms with Gasteiger partial charge < -0.3 is 19.2 Å². The summed E-state index contributed by atoms with van der Waals surface area (Å²) in [6.45, 7) is 2.89. The highest BCUT2D eigenvalue weighted by molar-refractivity contribution is 5.97. The summed E-state index contributed by atoms with van der Waals surface area (Å²) in [5, 5.41) is 3.62. The van der Waals surface area contributed by atoms with E-state index in [2.05, 4.69) is 10.3 Å². The van der Waals surface area contributed by atoms with Crippen molar-refractivity contribution in [1.82, 2.24) is 5.32 Å². The molecule has 1 aromatic heterocycles. The molecule has 1 aliphatic heterocycles. The number of nitrogens with one attached hydrogen (secondary N) is 1. The van der Waals surface area contributed by atoms with Crippen molar-refractivity contribution in [3.63, 3.8) is 0 Å². The Hall–Kier alpha value is -3.19. The second-order valence-corrected chi connectivity index (χ2v) is 7.23. The molecule has 0 aliphatic carbocycles. The maximum Gasteiger partial charge on any atom is 0.256 e. The third-order valence-electron chi connectivity index (χ3n) is 5.10. The first-order valence-electron chi connectivity index (χ1n) is 9.86. The average Bonchev–Trinajstić information content (AvgIpc) is 3.26. The molecule has 0 spiro atoms. The number of methoxy groups -OCH3 is 1. The molecule has 2 aromatic carbocycles. The zero-order valence-corrected chi connectivity index (χ0v) is 16.9. The molecular weight excluding hydrogens is 387 g/mol. The van der Waals surface area contributed by atoms with Gasteiger partial charge in [0.05, 0.1) is 18.9 Å². The SMILES string of the molecule is COc1cccc2cc(C(=O)NC[C@H]3CCCO3)c(=Nc3ccc(F)cc3C)oc12. The minimum absolute atomic E-state index is 0.0196. The molecule has 0 saturated carbocycles. The number of amides is 1. The molecule has 1 saturated heterocycles. The zero-order valence-electron chi connectivity index (χ0n) is 16.9. The lowest BCUT2D eigenvalue weighted by atomic mass is 10.1. The van der Waals surface area contributed by atoms with Crippen LogP contribution >= 0.6 is 0 Å². The van der Waals surface area contributed by atoms with Crippen molar-refractivity contribution in [1.29, 1.82) is 0 Å². The molecular formula is C23H23FN2O4. The molecule has 4 rings (SSSR count). The van der Waals surface area contributed by atoms with Crippen LogP contribution in [0, 0.1) is 12.7 Å². The number of halogens is 1. The summed E-state index contributed by atoms with van der Waals surface area (Å²) in [4.78, 5) is 17.5. The van der Waals surface area contributed by atoms with E-state index in [-0.39, 0.29) is 28.9 Å². The molecule has 1 amide bonds. The van der Waals surface area contributed by atoms with Crippen LogP contribution in [-0.4, -0.2) is 32.3 Å². The van der Waals surface area contributed by atoms with Gasteiger partial charge in [-0.2, -0.15) is 0 Å². The van der Waals surface area contributed by atoms with Gasteiger partial charge in [-0.05, 0) is 55.7 Å². The Kier molecular flexibility index (Phi) is 5.81. The number of rotatable bonds is 5. The van der Waals surface area contributed by atoms with Gasteiger partial charge in [0.2, 0.25) is 5.55 Å². The van der Waals surface area contributed by atoms with Crippen LogP contribution in [0.2, 0.25) is 0 Å². The molecule has 1 aliphatic rings. The van der Waals surface area contributed by atoms with E-state index < -0.39 is 0 Å². The van der Waals surface area contributed by atoms with Crippen LogP contribution in [0.15, 0.2) is 51.9 Å². The predicted molar refractivity (Wildman–Crippen MR) is 110 cm³/mol. The van der Waals surface area contributed by atoms with Gasteiger partial charge in [0, 0.05) is 18.5 Å². The van der Waals surface area contributed by atoms with Crippen LogP contribution in [0.1, 0.15) is 28.8 Å². The third-order valence-corrected chi connectivity index (χ3v) is 5.10. The first-order chi connectivity index (χ1) is 14.5. The molecule has 1 N–H and O–H groups in total. The lowest BCUT2D eigenvalue weighted by Gasteiger charge is -2.12. The van der Waals surface area contributed by atoms with Gasteiger partial charge in [0.25, 0.3) is 5.91 Å². The molecule has 0 radical (unpaired) electrons. The first kappa shape index (κ1) is 20.1. The lowest BCUT2D eigenvalue weighted by Crippen LogP contribution is -2.34. The Labute approximate surface area is 173 Å². The number of nitrogens with zero attached hydrogens (tertiary/aromatic N) is 1. The van der Waals surface area contributed by atoms with Crippen molar-refractivity contribution in [3.8, 4) is 5.75 Å². The highest BCUT2D eigenvalue weighted by Crippen LogP contribution is 2.25. The Morgan fingerprint density at radius 2 is 2.17 bits per heavy atom. The molecule has 156 valence electrons. The average molecular weight is 410 g/mol. The van der Waals surface area contributed by atoms with E-state index in [9.17, 15) is 9.18 Å². The Balaban J connectivity index is 1.81. The number of ether oxygens (including phenoxy) is 2. The summed E-state index contributed by atoms with van der Waals surface area (Å²) in [6, 6.07) is 11.4. The summed E-state index contributed by atoms with van der Waals surface area (Å²) in [5.74, 6) is -0.123. The minimum atomic E-state index is -0.349. The van der Waals surface area contributed by atoms with Gasteiger partial charge in [0.1, 0.15) is 11.4 Å². The smallest absolute Gasteiger partial charge is 0.256 e. The molecule has 0 unspecified atom stereocenters. The van der Waals surface area contributed by atoms with Crippen molar-refractivity contribution in [2.45, 2.75) is 25.9 Å². The fraction of sp³-hybridized carbons (Fsp3) is 0.304. The van der Waals surface area contributed by atoms with Crippen molar-refractivity contribution in [2.75, 3.05) is 20.3 Å². The minimum Gasteiger partial charge on any atom is -0.493 e. The number of carbonyl (C=O) groups is 1. The lowest BCUT2D eigenvalue weighted by molar-refractivity contribution is 0.0854. The molecule has 1 fully saturated rings. The van der Waals surface area contributed by atoms with Crippen LogP contribution in [0.4, 0.5) is 10.1 Å². The third kappa shape index (κ3) is 4.21. The number of hydrogen-bond acceptors (Lipinski definition) is 5. The number of para-hydroxylation sites is 1. The Bertz CT molecular complexity index is 1150. The summed E-state index contributed by atoms with van der Waals surface area (Å²) in [5.41, 5.74) is 2.05. The van der Waals surface area contributed by atoms with Crippen LogP contribution in [0.3, 0.4) is 0 Å². The number of aryl methyl sites for hydroxylation is 1. The summed E-state index contributed by atoms with van der Waals surface area (Å²) < 4.78 is 30.5. The van der Waals surface area contributed by atoms with E-state index in [1.54, 1.807) is 32.2 Å². The summed E-state index contributed by atoms with van der Waals surface area (Å²) in [6.07, 6.45) is 1.94. The Morgan fingerprint density at radius 1 is 1.30 bits per heavy atom. The highest BCUT2D eigenvalue weighted by atomic mass is 19.1. The van der Waals surface area contributed by atoms with Crippen molar-refractivity contribution in [3.05, 3.63) is 65.0 Å². The van der Waals surface area contributed by atoms with E-state index in [1.807, 2.05) is 12.1 Å². The monoisotopic (exact) mass is 410 g/mol. The molecule has 1 atom stereocenters.